The number of carbonyl (C=O) groups is 2. The van der Waals surface area contributed by atoms with Gasteiger partial charge in [0.25, 0.3) is 0 Å². The molecule has 0 radical (unpaired) electrons. The van der Waals surface area contributed by atoms with Gasteiger partial charge in [-0.05, 0) is 95.5 Å². The molecule has 3 N–H and O–H groups in total. The molecule has 0 aliphatic carbocycles. The Hall–Kier alpha value is -4.46. The molecule has 2 amide bonds. The molecule has 0 atom stereocenters. The summed E-state index contributed by atoms with van der Waals surface area (Å²) in [4.78, 5) is 29.6. The van der Waals surface area contributed by atoms with Gasteiger partial charge in [-0.15, -0.1) is 0 Å². The summed E-state index contributed by atoms with van der Waals surface area (Å²) in [6.07, 6.45) is 27.5. The van der Waals surface area contributed by atoms with Crippen LogP contribution in [-0.2, 0) is 16.1 Å². The van der Waals surface area contributed by atoms with Gasteiger partial charge in [0, 0.05) is 13.0 Å². The zero-order valence-corrected chi connectivity index (χ0v) is 27.2. The van der Waals surface area contributed by atoms with Crippen molar-refractivity contribution in [2.45, 2.75) is 91.2 Å². The molecule has 0 bridgehead atoms. The molecule has 0 saturated heterocycles. The molecule has 0 aliphatic rings. The summed E-state index contributed by atoms with van der Waals surface area (Å²) < 4.78 is 18.6. The third-order valence-corrected chi connectivity index (χ3v) is 6.11. The molecule has 8 heteroatoms. The van der Waals surface area contributed by atoms with E-state index in [9.17, 15) is 14.0 Å². The highest BCUT2D eigenvalue weighted by molar-refractivity contribution is 5.97. The van der Waals surface area contributed by atoms with Crippen LogP contribution in [0, 0.1) is 5.82 Å². The number of amides is 2. The maximum Gasteiger partial charge on any atom is 0.413 e. The highest BCUT2D eigenvalue weighted by Gasteiger charge is 2.19. The summed E-state index contributed by atoms with van der Waals surface area (Å²) in [6.45, 7) is 7.84. The van der Waals surface area contributed by atoms with E-state index >= 15 is 0 Å². The van der Waals surface area contributed by atoms with Crippen LogP contribution in [0.1, 0.15) is 84.6 Å². The fourth-order valence-electron chi connectivity index (χ4n) is 3.91. The zero-order valence-electron chi connectivity index (χ0n) is 27.2. The average molecular weight is 617 g/mol. The second kappa shape index (κ2) is 21.3. The van der Waals surface area contributed by atoms with E-state index in [1.807, 2.05) is 0 Å². The Morgan fingerprint density at radius 2 is 1.38 bits per heavy atom. The molecule has 2 aromatic rings. The number of rotatable bonds is 18. The Labute approximate surface area is 268 Å². The predicted molar refractivity (Wildman–Crippen MR) is 185 cm³/mol. The maximum absolute atomic E-state index is 13.2. The van der Waals surface area contributed by atoms with Crippen LogP contribution in [0.5, 0.6) is 0 Å². The third kappa shape index (κ3) is 18.1. The Kier molecular flexibility index (Phi) is 17.4. The summed E-state index contributed by atoms with van der Waals surface area (Å²) in [5.41, 5.74) is 0.535. The number of unbranched alkanes of at least 4 members (excludes halogenated alkanes) is 1. The van der Waals surface area contributed by atoms with Crippen LogP contribution in [-0.4, -0.2) is 22.6 Å². The SMILES string of the molecule is CCC=CCC=CCC=CCC=CCC=CCCCC(=O)Nc1ccc(NCc2ccc(F)cc2)nc1NC(=O)OC(C)(C)C. The van der Waals surface area contributed by atoms with Crippen molar-refractivity contribution in [2.75, 3.05) is 16.0 Å². The number of aromatic nitrogens is 1. The standard InChI is InChI=1S/C37H49FN4O3/c1-5-6-7-8-9-10-11-12-13-14-15-16-17-18-19-20-21-22-34(43)40-32-27-28-33(39-29-30-23-25-31(38)26-24-30)41-35(32)42-36(44)45-37(2,3)4/h6-7,9-10,12-13,15-16,18-19,23-28H,5,8,11,14,17,20-22,29H2,1-4H3,(H,40,43)(H2,39,41,42,44). The molecule has 242 valence electrons. The van der Waals surface area contributed by atoms with Crippen molar-refractivity contribution >= 4 is 29.3 Å². The molecule has 0 spiro atoms. The lowest BCUT2D eigenvalue weighted by Crippen LogP contribution is -2.28. The fourth-order valence-corrected chi connectivity index (χ4v) is 3.91. The first-order valence-electron chi connectivity index (χ1n) is 15.7. The molecule has 0 aliphatic heterocycles. The van der Waals surface area contributed by atoms with Gasteiger partial charge in [-0.3, -0.25) is 10.1 Å². The molecule has 1 heterocycles. The summed E-state index contributed by atoms with van der Waals surface area (Å²) >= 11 is 0. The first-order chi connectivity index (χ1) is 21.7. The number of nitrogens with one attached hydrogen (secondary N) is 3. The van der Waals surface area contributed by atoms with Gasteiger partial charge in [0.2, 0.25) is 5.91 Å². The van der Waals surface area contributed by atoms with Crippen molar-refractivity contribution in [1.29, 1.82) is 0 Å². The normalized spacial score (nSPS) is 12.2. The van der Waals surface area contributed by atoms with E-state index < -0.39 is 11.7 Å². The number of nitrogens with zero attached hydrogens (tertiary/aromatic N) is 1. The zero-order chi connectivity index (χ0) is 32.8. The topological polar surface area (TPSA) is 92.4 Å². The Morgan fingerprint density at radius 1 is 0.800 bits per heavy atom. The first-order valence-corrected chi connectivity index (χ1v) is 15.7. The molecule has 0 saturated carbocycles. The Morgan fingerprint density at radius 3 is 1.96 bits per heavy atom. The van der Waals surface area contributed by atoms with Crippen molar-refractivity contribution in [3.63, 3.8) is 0 Å². The second-order valence-electron chi connectivity index (χ2n) is 11.3. The van der Waals surface area contributed by atoms with Crippen molar-refractivity contribution < 1.29 is 18.7 Å². The number of hydrogen-bond donors (Lipinski definition) is 3. The van der Waals surface area contributed by atoms with Crippen LogP contribution in [0.4, 0.5) is 26.5 Å². The first kappa shape index (κ1) is 36.7. The number of benzene rings is 1. The lowest BCUT2D eigenvalue weighted by Gasteiger charge is -2.20. The number of allylic oxidation sites excluding steroid dienone is 10. The van der Waals surface area contributed by atoms with E-state index in [0.29, 0.717) is 30.9 Å². The summed E-state index contributed by atoms with van der Waals surface area (Å²) in [7, 11) is 0. The Bertz CT molecular complexity index is 1320. The minimum atomic E-state index is -0.699. The van der Waals surface area contributed by atoms with Gasteiger partial charge in [-0.1, -0.05) is 79.8 Å². The summed E-state index contributed by atoms with van der Waals surface area (Å²) in [6, 6.07) is 9.51. The number of halogens is 1. The maximum atomic E-state index is 13.2. The predicted octanol–water partition coefficient (Wildman–Crippen LogP) is 10.0. The molecule has 1 aromatic heterocycles. The quantitative estimate of drug-likeness (QED) is 0.114. The smallest absolute Gasteiger partial charge is 0.413 e. The van der Waals surface area contributed by atoms with Crippen LogP contribution in [0.25, 0.3) is 0 Å². The van der Waals surface area contributed by atoms with Crippen LogP contribution in [0.15, 0.2) is 97.2 Å². The van der Waals surface area contributed by atoms with Gasteiger partial charge in [-0.2, -0.15) is 0 Å². The molecule has 2 rings (SSSR count). The highest BCUT2D eigenvalue weighted by Crippen LogP contribution is 2.24. The van der Waals surface area contributed by atoms with Gasteiger partial charge in [0.1, 0.15) is 17.2 Å². The van der Waals surface area contributed by atoms with Crippen molar-refractivity contribution in [3.8, 4) is 0 Å². The minimum Gasteiger partial charge on any atom is -0.444 e. The molecule has 7 nitrogen and oxygen atoms in total. The van der Waals surface area contributed by atoms with E-state index in [1.165, 1.54) is 12.1 Å². The Balaban J connectivity index is 1.79. The highest BCUT2D eigenvalue weighted by atomic mass is 19.1. The van der Waals surface area contributed by atoms with E-state index in [1.54, 1.807) is 45.0 Å². The minimum absolute atomic E-state index is 0.166. The van der Waals surface area contributed by atoms with Crippen LogP contribution in [0.3, 0.4) is 0 Å². The second-order valence-corrected chi connectivity index (χ2v) is 11.3. The van der Waals surface area contributed by atoms with E-state index in [4.69, 9.17) is 4.74 Å². The van der Waals surface area contributed by atoms with Gasteiger partial charge in [0.15, 0.2) is 5.82 Å². The van der Waals surface area contributed by atoms with Crippen LogP contribution < -0.4 is 16.0 Å². The van der Waals surface area contributed by atoms with Gasteiger partial charge in [-0.25, -0.2) is 14.2 Å². The van der Waals surface area contributed by atoms with E-state index in [-0.39, 0.29) is 17.5 Å². The van der Waals surface area contributed by atoms with Crippen LogP contribution in [0.2, 0.25) is 0 Å². The van der Waals surface area contributed by atoms with Crippen LogP contribution >= 0.6 is 0 Å². The molecule has 45 heavy (non-hydrogen) atoms. The summed E-state index contributed by atoms with van der Waals surface area (Å²) in [5, 5.41) is 8.64. The fraction of sp³-hybridized carbons (Fsp3) is 0.378. The van der Waals surface area contributed by atoms with E-state index in [0.717, 1.165) is 44.1 Å². The summed E-state index contributed by atoms with van der Waals surface area (Å²) in [5.74, 6) is 0.156. The number of carbonyl (C=O) groups excluding carboxylic acids is 2. The molecule has 0 unspecified atom stereocenters. The van der Waals surface area contributed by atoms with Gasteiger partial charge >= 0.3 is 6.09 Å². The number of ether oxygens (including phenoxy) is 1. The lowest BCUT2D eigenvalue weighted by molar-refractivity contribution is -0.116. The molecule has 1 aromatic carbocycles. The monoisotopic (exact) mass is 616 g/mol. The lowest BCUT2D eigenvalue weighted by atomic mass is 10.2. The van der Waals surface area contributed by atoms with Crippen molar-refractivity contribution in [2.24, 2.45) is 0 Å². The van der Waals surface area contributed by atoms with Crippen molar-refractivity contribution in [1.82, 2.24) is 4.98 Å². The molecule has 0 fully saturated rings. The van der Waals surface area contributed by atoms with E-state index in [2.05, 4.69) is 88.6 Å². The van der Waals surface area contributed by atoms with Gasteiger partial charge in [0.05, 0.1) is 5.69 Å². The largest absolute Gasteiger partial charge is 0.444 e. The number of pyridine rings is 1. The number of anilines is 3. The third-order valence-electron chi connectivity index (χ3n) is 6.11. The number of hydrogen-bond acceptors (Lipinski definition) is 5. The van der Waals surface area contributed by atoms with Crippen molar-refractivity contribution in [3.05, 3.63) is 109 Å². The molecular weight excluding hydrogens is 567 g/mol. The van der Waals surface area contributed by atoms with Gasteiger partial charge < -0.3 is 15.4 Å². The average Bonchev–Trinajstić information content (AvgIpc) is 2.98. The molecular formula is C37H49FN4O3.